The topological polar surface area (TPSA) is 25.8 Å². The van der Waals surface area contributed by atoms with Gasteiger partial charge in [0, 0.05) is 23.3 Å². The van der Waals surface area contributed by atoms with Gasteiger partial charge in [-0.15, -0.1) is 0 Å². The first-order valence-corrected chi connectivity index (χ1v) is 15.1. The van der Waals surface area contributed by atoms with Crippen molar-refractivity contribution >= 4 is 11.1 Å². The Morgan fingerprint density at radius 1 is 0.553 bits per heavy atom. The van der Waals surface area contributed by atoms with Gasteiger partial charge < -0.3 is 0 Å². The van der Waals surface area contributed by atoms with Gasteiger partial charge in [-0.05, 0) is 53.3 Å². The molecule has 5 aromatic rings. The van der Waals surface area contributed by atoms with E-state index in [9.17, 15) is 13.2 Å². The molecule has 0 saturated heterocycles. The Kier molecular flexibility index (Phi) is 10.4. The standard InChI is InChI=1S/C42H33F3N2/c1-5-9-28(10-6-2)30-13-15-32(16-14-30)33-19-23-35(24-20-33)40-27-39(34-21-17-31(18-22-34)29(11-7-3)12-8-4)46-42(47-40)41-37(44)25-36(43)26-38(41)45/h5-27H,1,3H2,2,4H3/b10-6-,12-8-,28-9+,29-11+. The van der Waals surface area contributed by atoms with Crippen molar-refractivity contribution in [2.75, 3.05) is 0 Å². The molecule has 0 bridgehead atoms. The number of hydrogen-bond donors (Lipinski definition) is 0. The smallest absolute Gasteiger partial charge is 0.166 e. The van der Waals surface area contributed by atoms with Crippen LogP contribution in [0.3, 0.4) is 0 Å². The highest BCUT2D eigenvalue weighted by Crippen LogP contribution is 2.32. The molecular weight excluding hydrogens is 589 g/mol. The van der Waals surface area contributed by atoms with Gasteiger partial charge in [-0.3, -0.25) is 0 Å². The van der Waals surface area contributed by atoms with Crippen LogP contribution in [0.4, 0.5) is 13.2 Å². The van der Waals surface area contributed by atoms with Crippen molar-refractivity contribution in [1.29, 1.82) is 0 Å². The fourth-order valence-electron chi connectivity index (χ4n) is 5.24. The van der Waals surface area contributed by atoms with Crippen molar-refractivity contribution in [1.82, 2.24) is 9.97 Å². The molecule has 0 aliphatic carbocycles. The van der Waals surface area contributed by atoms with Gasteiger partial charge in [0.05, 0.1) is 17.0 Å². The maximum atomic E-state index is 15.0. The minimum Gasteiger partial charge on any atom is -0.228 e. The third kappa shape index (κ3) is 7.54. The van der Waals surface area contributed by atoms with E-state index in [-0.39, 0.29) is 5.82 Å². The van der Waals surface area contributed by atoms with Gasteiger partial charge in [0.1, 0.15) is 17.5 Å². The molecule has 0 fully saturated rings. The number of aromatic nitrogens is 2. The Morgan fingerprint density at radius 3 is 1.34 bits per heavy atom. The fraction of sp³-hybridized carbons (Fsp3) is 0.0476. The molecule has 4 aromatic carbocycles. The maximum Gasteiger partial charge on any atom is 0.166 e. The van der Waals surface area contributed by atoms with Gasteiger partial charge in [-0.2, -0.15) is 0 Å². The van der Waals surface area contributed by atoms with E-state index in [1.165, 1.54) is 0 Å². The summed E-state index contributed by atoms with van der Waals surface area (Å²) in [4.78, 5) is 9.09. The van der Waals surface area contributed by atoms with Gasteiger partial charge in [0.2, 0.25) is 0 Å². The summed E-state index contributed by atoms with van der Waals surface area (Å²) in [6, 6.07) is 26.7. The molecular formula is C42H33F3N2. The van der Waals surface area contributed by atoms with Crippen LogP contribution in [0.15, 0.2) is 153 Å². The lowest BCUT2D eigenvalue weighted by Gasteiger charge is -2.12. The maximum absolute atomic E-state index is 15.0. The Hall–Kier alpha value is -5.81. The molecule has 0 aliphatic rings. The lowest BCUT2D eigenvalue weighted by atomic mass is 9.98. The van der Waals surface area contributed by atoms with Crippen molar-refractivity contribution in [2.24, 2.45) is 0 Å². The monoisotopic (exact) mass is 622 g/mol. The number of rotatable bonds is 10. The second kappa shape index (κ2) is 15.0. The summed E-state index contributed by atoms with van der Waals surface area (Å²) in [5.74, 6) is -3.35. The lowest BCUT2D eigenvalue weighted by molar-refractivity contribution is 0.546. The van der Waals surface area contributed by atoms with E-state index in [1.54, 1.807) is 18.2 Å². The zero-order chi connectivity index (χ0) is 33.3. The summed E-state index contributed by atoms with van der Waals surface area (Å²) in [7, 11) is 0. The van der Waals surface area contributed by atoms with E-state index in [0.29, 0.717) is 23.5 Å². The van der Waals surface area contributed by atoms with Gasteiger partial charge in [-0.25, -0.2) is 23.1 Å². The molecule has 0 amide bonds. The molecule has 0 unspecified atom stereocenters. The summed E-state index contributed by atoms with van der Waals surface area (Å²) in [6.07, 6.45) is 15.3. The van der Waals surface area contributed by atoms with Gasteiger partial charge in [-0.1, -0.05) is 135 Å². The van der Waals surface area contributed by atoms with Crippen LogP contribution in [-0.2, 0) is 0 Å². The average molecular weight is 623 g/mol. The van der Waals surface area contributed by atoms with Gasteiger partial charge in [0.15, 0.2) is 5.82 Å². The highest BCUT2D eigenvalue weighted by atomic mass is 19.1. The minimum atomic E-state index is -1.08. The third-order valence-electron chi connectivity index (χ3n) is 7.49. The molecule has 5 rings (SSSR count). The first kappa shape index (κ1) is 32.6. The van der Waals surface area contributed by atoms with Crippen molar-refractivity contribution < 1.29 is 13.2 Å². The molecule has 0 aliphatic heterocycles. The van der Waals surface area contributed by atoms with Crippen LogP contribution < -0.4 is 0 Å². The highest BCUT2D eigenvalue weighted by Gasteiger charge is 2.19. The van der Waals surface area contributed by atoms with Crippen LogP contribution in [0.2, 0.25) is 0 Å². The predicted molar refractivity (Wildman–Crippen MR) is 190 cm³/mol. The molecule has 1 heterocycles. The molecule has 0 radical (unpaired) electrons. The average Bonchev–Trinajstić information content (AvgIpc) is 3.08. The zero-order valence-electron chi connectivity index (χ0n) is 26.2. The van der Waals surface area contributed by atoms with E-state index in [4.69, 9.17) is 0 Å². The van der Waals surface area contributed by atoms with Crippen LogP contribution in [-0.4, -0.2) is 9.97 Å². The second-order valence-electron chi connectivity index (χ2n) is 10.7. The van der Waals surface area contributed by atoms with Crippen LogP contribution >= 0.6 is 0 Å². The summed E-state index contributed by atoms with van der Waals surface area (Å²) >= 11 is 0. The number of hydrogen-bond acceptors (Lipinski definition) is 2. The van der Waals surface area contributed by atoms with Crippen molar-refractivity contribution in [2.45, 2.75) is 13.8 Å². The quantitative estimate of drug-likeness (QED) is 0.145. The van der Waals surface area contributed by atoms with E-state index in [2.05, 4.69) is 47.4 Å². The molecule has 2 nitrogen and oxygen atoms in total. The molecule has 0 atom stereocenters. The van der Waals surface area contributed by atoms with E-state index >= 15 is 0 Å². The van der Waals surface area contributed by atoms with Crippen LogP contribution in [0, 0.1) is 17.5 Å². The Bertz CT molecular complexity index is 2010. The number of allylic oxidation sites excluding steroid dienone is 10. The molecule has 1 aromatic heterocycles. The summed E-state index contributed by atoms with van der Waals surface area (Å²) in [6.45, 7) is 11.5. The number of benzene rings is 4. The van der Waals surface area contributed by atoms with Gasteiger partial charge in [0.25, 0.3) is 0 Å². The molecule has 0 spiro atoms. The molecule has 0 saturated carbocycles. The molecule has 0 N–H and O–H groups in total. The Labute approximate surface area is 274 Å². The van der Waals surface area contributed by atoms with Crippen molar-refractivity contribution in [3.63, 3.8) is 0 Å². The second-order valence-corrected chi connectivity index (χ2v) is 10.7. The number of halogens is 3. The first-order valence-electron chi connectivity index (χ1n) is 15.1. The lowest BCUT2D eigenvalue weighted by Crippen LogP contribution is -2.00. The van der Waals surface area contributed by atoms with Crippen LogP contribution in [0.5, 0.6) is 0 Å². The van der Waals surface area contributed by atoms with E-state index in [0.717, 1.165) is 44.5 Å². The molecule has 47 heavy (non-hydrogen) atoms. The Balaban J connectivity index is 1.56. The highest BCUT2D eigenvalue weighted by molar-refractivity contribution is 5.79. The van der Waals surface area contributed by atoms with Crippen molar-refractivity contribution in [3.05, 3.63) is 181 Å². The van der Waals surface area contributed by atoms with Crippen molar-refractivity contribution in [3.8, 4) is 45.0 Å². The predicted octanol–water partition coefficient (Wildman–Crippen LogP) is 11.9. The summed E-state index contributed by atoms with van der Waals surface area (Å²) in [5, 5.41) is 0. The summed E-state index contributed by atoms with van der Waals surface area (Å²) < 4.78 is 43.7. The largest absolute Gasteiger partial charge is 0.228 e. The minimum absolute atomic E-state index is 0.179. The molecule has 232 valence electrons. The van der Waals surface area contributed by atoms with Gasteiger partial charge >= 0.3 is 0 Å². The fourth-order valence-corrected chi connectivity index (χ4v) is 5.24. The summed E-state index contributed by atoms with van der Waals surface area (Å²) in [5.41, 5.74) is 7.99. The van der Waals surface area contributed by atoms with Crippen LogP contribution in [0.1, 0.15) is 25.0 Å². The first-order chi connectivity index (χ1) is 22.8. The number of nitrogens with zero attached hydrogens (tertiary/aromatic N) is 2. The van der Waals surface area contributed by atoms with Crippen LogP contribution in [0.25, 0.3) is 56.2 Å². The van der Waals surface area contributed by atoms with E-state index < -0.39 is 23.0 Å². The SMILES string of the molecule is C=C/C=C(\C=C/C)c1ccc(-c2ccc(-c3cc(-c4ccc(C(/C=C\C)=C/C=C)cc4)nc(-c4c(F)cc(F)cc4F)n3)cc2)cc1. The zero-order valence-corrected chi connectivity index (χ0v) is 26.2. The molecule has 5 heteroatoms. The normalized spacial score (nSPS) is 12.2. The van der Waals surface area contributed by atoms with E-state index in [1.807, 2.05) is 98.8 Å². The third-order valence-corrected chi connectivity index (χ3v) is 7.49. The Morgan fingerprint density at radius 2 is 0.936 bits per heavy atom.